The Balaban J connectivity index is 1.00. The van der Waals surface area contributed by atoms with Gasteiger partial charge in [-0.1, -0.05) is 134 Å². The molecule has 4 nitrogen and oxygen atoms in total. The molecule has 1 saturated heterocycles. The number of carbonyl (C=O) groups is 1. The van der Waals surface area contributed by atoms with E-state index in [1.165, 1.54) is 55.5 Å². The molecule has 1 aliphatic carbocycles. The summed E-state index contributed by atoms with van der Waals surface area (Å²) in [7, 11) is 0. The third kappa shape index (κ3) is 9.31. The maximum absolute atomic E-state index is 12.9. The SMILES string of the molecule is O=C(CC/C=C\CC[C@H]1[C@H](N2CCCCC2)CC[C@H]1OCc1ccc(-c2ccccc2)cc1)OC(c1ccccc1)c1ccccc1. The molecule has 0 aromatic heterocycles. The summed E-state index contributed by atoms with van der Waals surface area (Å²) in [5.41, 5.74) is 5.70. The molecule has 0 radical (unpaired) electrons. The molecule has 0 amide bonds. The van der Waals surface area contributed by atoms with Gasteiger partial charge in [-0.05, 0) is 85.9 Å². The Hall–Kier alpha value is -3.99. The zero-order chi connectivity index (χ0) is 32.1. The van der Waals surface area contributed by atoms with Crippen LogP contribution in [-0.4, -0.2) is 36.1 Å². The van der Waals surface area contributed by atoms with Crippen LogP contribution in [0, 0.1) is 5.92 Å². The van der Waals surface area contributed by atoms with Crippen molar-refractivity contribution < 1.29 is 14.3 Å². The van der Waals surface area contributed by atoms with Crippen molar-refractivity contribution in [1.29, 1.82) is 0 Å². The smallest absolute Gasteiger partial charge is 0.307 e. The van der Waals surface area contributed by atoms with Gasteiger partial charge in [0.25, 0.3) is 0 Å². The van der Waals surface area contributed by atoms with Gasteiger partial charge >= 0.3 is 5.97 Å². The summed E-state index contributed by atoms with van der Waals surface area (Å²) in [4.78, 5) is 15.7. The number of likely N-dealkylation sites (tertiary alicyclic amines) is 1. The lowest BCUT2D eigenvalue weighted by atomic mass is 9.93. The van der Waals surface area contributed by atoms with Crippen molar-refractivity contribution in [1.82, 2.24) is 4.90 Å². The molecule has 1 heterocycles. The Kier molecular flexibility index (Phi) is 12.1. The Morgan fingerprint density at radius 3 is 1.96 bits per heavy atom. The predicted molar refractivity (Wildman–Crippen MR) is 191 cm³/mol. The molecule has 0 N–H and O–H groups in total. The minimum absolute atomic E-state index is 0.168. The zero-order valence-electron chi connectivity index (χ0n) is 27.6. The molecular formula is C43H49NO3. The second-order valence-electron chi connectivity index (χ2n) is 13.1. The van der Waals surface area contributed by atoms with Gasteiger partial charge in [0.1, 0.15) is 0 Å². The number of piperidine rings is 1. The third-order valence-corrected chi connectivity index (χ3v) is 9.91. The molecule has 4 heteroatoms. The number of esters is 1. The standard InChI is InChI=1S/C43H49NO3/c45-42(47-43(37-19-9-4-10-20-37)38-21-11-5-12-22-38)24-14-2-1-13-23-39-40(44-31-15-6-16-32-44)29-30-41(39)46-33-34-25-27-36(28-26-34)35-17-7-3-8-18-35/h1-5,7-12,17-22,25-28,39-41,43H,6,13-16,23-24,29-33H2/b2-1-/t39-,40+,41+/m0/s1. The van der Waals surface area contributed by atoms with Crippen molar-refractivity contribution in [2.24, 2.45) is 5.92 Å². The number of rotatable bonds is 14. The van der Waals surface area contributed by atoms with E-state index in [2.05, 4.69) is 71.6 Å². The lowest BCUT2D eigenvalue weighted by molar-refractivity contribution is -0.147. The van der Waals surface area contributed by atoms with Gasteiger partial charge in [0.15, 0.2) is 6.10 Å². The van der Waals surface area contributed by atoms with Crippen molar-refractivity contribution in [3.05, 3.63) is 144 Å². The van der Waals surface area contributed by atoms with E-state index in [4.69, 9.17) is 9.47 Å². The van der Waals surface area contributed by atoms with Gasteiger partial charge in [-0.15, -0.1) is 0 Å². The summed E-state index contributed by atoms with van der Waals surface area (Å²) >= 11 is 0. The first-order chi connectivity index (χ1) is 23.2. The summed E-state index contributed by atoms with van der Waals surface area (Å²) in [5.74, 6) is 0.363. The minimum atomic E-state index is -0.387. The number of nitrogens with zero attached hydrogens (tertiary/aromatic N) is 1. The molecule has 4 aromatic rings. The molecule has 0 bridgehead atoms. The monoisotopic (exact) mass is 627 g/mol. The van der Waals surface area contributed by atoms with Crippen molar-refractivity contribution in [2.75, 3.05) is 13.1 Å². The first-order valence-corrected chi connectivity index (χ1v) is 17.7. The van der Waals surface area contributed by atoms with Crippen molar-refractivity contribution >= 4 is 5.97 Å². The number of hydrogen-bond donors (Lipinski definition) is 0. The van der Waals surface area contributed by atoms with E-state index in [1.807, 2.05) is 60.7 Å². The molecule has 1 aliphatic heterocycles. The Morgan fingerprint density at radius 1 is 0.702 bits per heavy atom. The van der Waals surface area contributed by atoms with Crippen molar-refractivity contribution in [2.45, 2.75) is 82.6 Å². The van der Waals surface area contributed by atoms with Crippen LogP contribution in [0.2, 0.25) is 0 Å². The molecular weight excluding hydrogens is 578 g/mol. The molecule has 3 atom stereocenters. The highest BCUT2D eigenvalue weighted by molar-refractivity contribution is 5.70. The van der Waals surface area contributed by atoms with Crippen molar-refractivity contribution in [3.63, 3.8) is 0 Å². The predicted octanol–water partition coefficient (Wildman–Crippen LogP) is 9.95. The average molecular weight is 628 g/mol. The van der Waals surface area contributed by atoms with Crippen LogP contribution >= 0.6 is 0 Å². The summed E-state index contributed by atoms with van der Waals surface area (Å²) in [6.45, 7) is 3.10. The highest BCUT2D eigenvalue weighted by Crippen LogP contribution is 2.37. The van der Waals surface area contributed by atoms with Crippen LogP contribution in [0.5, 0.6) is 0 Å². The van der Waals surface area contributed by atoms with Crippen LogP contribution in [-0.2, 0) is 20.9 Å². The lowest BCUT2D eigenvalue weighted by Crippen LogP contribution is -2.43. The molecule has 1 saturated carbocycles. The second-order valence-corrected chi connectivity index (χ2v) is 13.1. The van der Waals surface area contributed by atoms with Crippen LogP contribution in [0.3, 0.4) is 0 Å². The highest BCUT2D eigenvalue weighted by Gasteiger charge is 2.39. The van der Waals surface area contributed by atoms with Gasteiger partial charge < -0.3 is 14.4 Å². The first kappa shape index (κ1) is 32.9. The van der Waals surface area contributed by atoms with Crippen molar-refractivity contribution in [3.8, 4) is 11.1 Å². The second kappa shape index (κ2) is 17.2. The normalized spacial score (nSPS) is 20.1. The van der Waals surface area contributed by atoms with E-state index in [9.17, 15) is 4.79 Å². The summed E-state index contributed by atoms with van der Waals surface area (Å²) in [6, 6.07) is 40.0. The molecule has 2 fully saturated rings. The van der Waals surface area contributed by atoms with E-state index < -0.39 is 0 Å². The number of ether oxygens (including phenoxy) is 2. The van der Waals surface area contributed by atoms with Gasteiger partial charge in [0, 0.05) is 18.4 Å². The van der Waals surface area contributed by atoms with E-state index in [-0.39, 0.29) is 18.2 Å². The third-order valence-electron chi connectivity index (χ3n) is 9.91. The highest BCUT2D eigenvalue weighted by atomic mass is 16.5. The van der Waals surface area contributed by atoms with E-state index in [1.54, 1.807) is 0 Å². The van der Waals surface area contributed by atoms with E-state index in [0.29, 0.717) is 31.4 Å². The van der Waals surface area contributed by atoms with Crippen LogP contribution in [0.25, 0.3) is 11.1 Å². The molecule has 244 valence electrons. The number of benzene rings is 4. The fourth-order valence-corrected chi connectivity index (χ4v) is 7.43. The maximum Gasteiger partial charge on any atom is 0.307 e. The minimum Gasteiger partial charge on any atom is -0.453 e. The average Bonchev–Trinajstić information content (AvgIpc) is 3.55. The van der Waals surface area contributed by atoms with Crippen LogP contribution in [0.15, 0.2) is 127 Å². The largest absolute Gasteiger partial charge is 0.453 e. The molecule has 0 spiro atoms. The zero-order valence-corrected chi connectivity index (χ0v) is 27.6. The summed E-state index contributed by atoms with van der Waals surface area (Å²) in [5, 5.41) is 0. The van der Waals surface area contributed by atoms with Gasteiger partial charge in [0.2, 0.25) is 0 Å². The fraction of sp³-hybridized carbons (Fsp3) is 0.372. The number of allylic oxidation sites excluding steroid dienone is 2. The van der Waals surface area contributed by atoms with Gasteiger partial charge in [-0.25, -0.2) is 0 Å². The molecule has 6 rings (SSSR count). The topological polar surface area (TPSA) is 38.8 Å². The van der Waals surface area contributed by atoms with Crippen LogP contribution < -0.4 is 0 Å². The first-order valence-electron chi connectivity index (χ1n) is 17.7. The number of carbonyl (C=O) groups excluding carboxylic acids is 1. The van der Waals surface area contributed by atoms with Gasteiger partial charge in [-0.2, -0.15) is 0 Å². The Labute approximate surface area is 281 Å². The Bertz CT molecular complexity index is 1470. The maximum atomic E-state index is 12.9. The van der Waals surface area contributed by atoms with Gasteiger partial charge in [-0.3, -0.25) is 4.79 Å². The quantitative estimate of drug-likeness (QED) is 0.103. The van der Waals surface area contributed by atoms with Gasteiger partial charge in [0.05, 0.1) is 12.7 Å². The van der Waals surface area contributed by atoms with Crippen LogP contribution in [0.4, 0.5) is 0 Å². The van der Waals surface area contributed by atoms with E-state index in [0.717, 1.165) is 30.4 Å². The number of hydrogen-bond acceptors (Lipinski definition) is 4. The van der Waals surface area contributed by atoms with E-state index >= 15 is 0 Å². The molecule has 47 heavy (non-hydrogen) atoms. The molecule has 0 unspecified atom stereocenters. The van der Waals surface area contributed by atoms with Crippen LogP contribution in [0.1, 0.15) is 80.6 Å². The molecule has 2 aliphatic rings. The lowest BCUT2D eigenvalue weighted by Gasteiger charge is -2.37. The summed E-state index contributed by atoms with van der Waals surface area (Å²) < 4.78 is 12.7. The summed E-state index contributed by atoms with van der Waals surface area (Å²) in [6.07, 6.45) is 13.9. The molecule has 4 aromatic carbocycles. The fourth-order valence-electron chi connectivity index (χ4n) is 7.43. The Morgan fingerprint density at radius 2 is 1.30 bits per heavy atom.